The molecule has 0 spiro atoms. The summed E-state index contributed by atoms with van der Waals surface area (Å²) in [6, 6.07) is 19.2. The third kappa shape index (κ3) is 4.96. The highest BCUT2D eigenvalue weighted by Crippen LogP contribution is 2.30. The van der Waals surface area contributed by atoms with Crippen molar-refractivity contribution in [1.29, 1.82) is 0 Å². The Balaban J connectivity index is 1.48. The minimum absolute atomic E-state index is 0.276. The van der Waals surface area contributed by atoms with E-state index in [2.05, 4.69) is 20.7 Å². The largest absolute Gasteiger partial charge is 0.434 e. The summed E-state index contributed by atoms with van der Waals surface area (Å²) in [5, 5.41) is 9.63. The molecule has 0 bridgehead atoms. The maximum Gasteiger partial charge on any atom is 0.434 e. The van der Waals surface area contributed by atoms with Crippen LogP contribution in [0.25, 0.3) is 11.3 Å². The molecule has 2 heterocycles. The van der Waals surface area contributed by atoms with E-state index in [0.29, 0.717) is 28.3 Å². The Kier molecular flexibility index (Phi) is 6.13. The highest BCUT2D eigenvalue weighted by molar-refractivity contribution is 6.05. The maximum absolute atomic E-state index is 13.1. The maximum atomic E-state index is 13.1. The van der Waals surface area contributed by atoms with Gasteiger partial charge in [-0.2, -0.15) is 18.3 Å². The van der Waals surface area contributed by atoms with Gasteiger partial charge in [0.1, 0.15) is 5.82 Å². The first-order valence-electron chi connectivity index (χ1n) is 10.1. The van der Waals surface area contributed by atoms with E-state index in [1.54, 1.807) is 61.6 Å². The number of aromatic nitrogens is 3. The molecule has 4 aromatic rings. The molecule has 0 fully saturated rings. The number of carbonyl (C=O) groups excluding carboxylic acids is 2. The second-order valence-electron chi connectivity index (χ2n) is 7.29. The molecule has 0 aliphatic heterocycles. The lowest BCUT2D eigenvalue weighted by Crippen LogP contribution is -2.20. The van der Waals surface area contributed by atoms with Crippen LogP contribution in [-0.2, 0) is 13.2 Å². The molecule has 0 aliphatic rings. The molecule has 2 aromatic heterocycles. The lowest BCUT2D eigenvalue weighted by Gasteiger charge is -2.11. The standard InChI is InChI=1S/C24H18F3N5O2/c1-32-20(30-22(33)16-6-3-2-4-7-16)14-19(31-32)15-9-11-17(12-10-15)29-23(34)18-8-5-13-28-21(18)24(25,26)27/h2-14H,1H3,(H,29,34)(H,30,33). The van der Waals surface area contributed by atoms with Crippen LogP contribution in [0.15, 0.2) is 79.0 Å². The molecular formula is C24H18F3N5O2. The van der Waals surface area contributed by atoms with Gasteiger partial charge in [0.2, 0.25) is 0 Å². The molecule has 2 N–H and O–H groups in total. The van der Waals surface area contributed by atoms with Crippen LogP contribution < -0.4 is 10.6 Å². The molecule has 4 rings (SSSR count). The molecule has 0 saturated carbocycles. The van der Waals surface area contributed by atoms with E-state index in [4.69, 9.17) is 0 Å². The average molecular weight is 465 g/mol. The number of anilines is 2. The minimum atomic E-state index is -4.75. The Labute approximate surface area is 192 Å². The van der Waals surface area contributed by atoms with Crippen LogP contribution in [0.1, 0.15) is 26.4 Å². The van der Waals surface area contributed by atoms with Gasteiger partial charge in [0.25, 0.3) is 11.8 Å². The number of rotatable bonds is 5. The van der Waals surface area contributed by atoms with Gasteiger partial charge in [-0.25, -0.2) is 0 Å². The molecule has 0 radical (unpaired) electrons. The summed E-state index contributed by atoms with van der Waals surface area (Å²) in [5.74, 6) is -0.712. The number of hydrogen-bond acceptors (Lipinski definition) is 4. The summed E-state index contributed by atoms with van der Waals surface area (Å²) in [5.41, 5.74) is 0.249. The van der Waals surface area contributed by atoms with Crippen molar-refractivity contribution in [3.05, 3.63) is 95.8 Å². The topological polar surface area (TPSA) is 88.9 Å². The van der Waals surface area contributed by atoms with Crippen molar-refractivity contribution in [2.45, 2.75) is 6.18 Å². The van der Waals surface area contributed by atoms with Gasteiger partial charge in [0.15, 0.2) is 5.69 Å². The van der Waals surface area contributed by atoms with Crippen LogP contribution in [0, 0.1) is 0 Å². The fraction of sp³-hybridized carbons (Fsp3) is 0.0833. The summed E-state index contributed by atoms with van der Waals surface area (Å²) in [6.45, 7) is 0. The van der Waals surface area contributed by atoms with Crippen molar-refractivity contribution in [2.24, 2.45) is 7.05 Å². The average Bonchev–Trinajstić information content (AvgIpc) is 3.19. The fourth-order valence-electron chi connectivity index (χ4n) is 3.24. The molecule has 0 atom stereocenters. The summed E-state index contributed by atoms with van der Waals surface area (Å²) in [6.07, 6.45) is -3.76. The summed E-state index contributed by atoms with van der Waals surface area (Å²) in [7, 11) is 1.69. The second-order valence-corrected chi connectivity index (χ2v) is 7.29. The third-order valence-electron chi connectivity index (χ3n) is 4.92. The summed E-state index contributed by atoms with van der Waals surface area (Å²) < 4.78 is 40.9. The van der Waals surface area contributed by atoms with Gasteiger partial charge in [-0.3, -0.25) is 19.3 Å². The molecule has 10 heteroatoms. The van der Waals surface area contributed by atoms with Crippen molar-refractivity contribution in [2.75, 3.05) is 10.6 Å². The van der Waals surface area contributed by atoms with Gasteiger partial charge in [-0.15, -0.1) is 0 Å². The Hall–Kier alpha value is -4.47. The first-order valence-corrected chi connectivity index (χ1v) is 10.1. The number of hydrogen-bond donors (Lipinski definition) is 2. The predicted octanol–water partition coefficient (Wildman–Crippen LogP) is 5.01. The lowest BCUT2D eigenvalue weighted by atomic mass is 10.1. The van der Waals surface area contributed by atoms with E-state index in [0.717, 1.165) is 12.3 Å². The van der Waals surface area contributed by atoms with Gasteiger partial charge >= 0.3 is 6.18 Å². The molecule has 7 nitrogen and oxygen atoms in total. The number of benzene rings is 2. The first kappa shape index (κ1) is 22.7. The quantitative estimate of drug-likeness (QED) is 0.434. The van der Waals surface area contributed by atoms with Crippen molar-refractivity contribution >= 4 is 23.3 Å². The van der Waals surface area contributed by atoms with Crippen LogP contribution in [0.4, 0.5) is 24.7 Å². The highest BCUT2D eigenvalue weighted by Gasteiger charge is 2.36. The van der Waals surface area contributed by atoms with Gasteiger partial charge in [-0.05, 0) is 36.4 Å². The zero-order valence-electron chi connectivity index (χ0n) is 17.8. The number of aryl methyl sites for hydroxylation is 1. The highest BCUT2D eigenvalue weighted by atomic mass is 19.4. The minimum Gasteiger partial charge on any atom is -0.322 e. The van der Waals surface area contributed by atoms with Crippen molar-refractivity contribution < 1.29 is 22.8 Å². The van der Waals surface area contributed by atoms with Crippen LogP contribution in [0.2, 0.25) is 0 Å². The number of carbonyl (C=O) groups is 2. The zero-order chi connectivity index (χ0) is 24.3. The van der Waals surface area contributed by atoms with Crippen LogP contribution in [0.5, 0.6) is 0 Å². The second kappa shape index (κ2) is 9.18. The number of nitrogens with zero attached hydrogens (tertiary/aromatic N) is 3. The van der Waals surface area contributed by atoms with E-state index in [-0.39, 0.29) is 5.91 Å². The van der Waals surface area contributed by atoms with Crippen LogP contribution in [-0.4, -0.2) is 26.6 Å². The van der Waals surface area contributed by atoms with Crippen molar-refractivity contribution in [1.82, 2.24) is 14.8 Å². The summed E-state index contributed by atoms with van der Waals surface area (Å²) >= 11 is 0. The van der Waals surface area contributed by atoms with E-state index in [1.807, 2.05) is 6.07 Å². The monoisotopic (exact) mass is 465 g/mol. The SMILES string of the molecule is Cn1nc(-c2ccc(NC(=O)c3cccnc3C(F)(F)F)cc2)cc1NC(=O)c1ccccc1. The Bertz CT molecular complexity index is 1330. The number of amides is 2. The van der Waals surface area contributed by atoms with Crippen LogP contribution >= 0.6 is 0 Å². The molecule has 2 amide bonds. The number of alkyl halides is 3. The van der Waals surface area contributed by atoms with E-state index in [9.17, 15) is 22.8 Å². The lowest BCUT2D eigenvalue weighted by molar-refractivity contribution is -0.141. The fourth-order valence-corrected chi connectivity index (χ4v) is 3.24. The molecular weight excluding hydrogens is 447 g/mol. The first-order chi connectivity index (χ1) is 16.2. The zero-order valence-corrected chi connectivity index (χ0v) is 17.8. The Morgan fingerprint density at radius 2 is 1.59 bits per heavy atom. The smallest absolute Gasteiger partial charge is 0.322 e. The van der Waals surface area contributed by atoms with Crippen molar-refractivity contribution in [3.63, 3.8) is 0 Å². The van der Waals surface area contributed by atoms with Crippen LogP contribution in [0.3, 0.4) is 0 Å². The van der Waals surface area contributed by atoms with E-state index >= 15 is 0 Å². The molecule has 0 aliphatic carbocycles. The molecule has 2 aromatic carbocycles. The van der Waals surface area contributed by atoms with Gasteiger partial charge in [0, 0.05) is 36.1 Å². The van der Waals surface area contributed by atoms with Gasteiger partial charge < -0.3 is 10.6 Å². The third-order valence-corrected chi connectivity index (χ3v) is 4.92. The van der Waals surface area contributed by atoms with Crippen molar-refractivity contribution in [3.8, 4) is 11.3 Å². The van der Waals surface area contributed by atoms with Gasteiger partial charge in [-0.1, -0.05) is 30.3 Å². The molecule has 0 unspecified atom stereocenters. The van der Waals surface area contributed by atoms with E-state index in [1.165, 1.54) is 10.7 Å². The normalized spacial score (nSPS) is 11.2. The van der Waals surface area contributed by atoms with E-state index < -0.39 is 23.3 Å². The molecule has 172 valence electrons. The number of halogens is 3. The number of pyridine rings is 1. The Morgan fingerprint density at radius 1 is 0.882 bits per heavy atom. The molecule has 0 saturated heterocycles. The predicted molar refractivity (Wildman–Crippen MR) is 120 cm³/mol. The number of nitrogens with one attached hydrogen (secondary N) is 2. The van der Waals surface area contributed by atoms with Gasteiger partial charge in [0.05, 0.1) is 11.3 Å². The molecule has 34 heavy (non-hydrogen) atoms. The summed E-state index contributed by atoms with van der Waals surface area (Å²) in [4.78, 5) is 28.1. The Morgan fingerprint density at radius 3 is 2.26 bits per heavy atom.